The average Bonchev–Trinajstić information content (AvgIpc) is 2.76. The van der Waals surface area contributed by atoms with E-state index in [9.17, 15) is 4.79 Å². The van der Waals surface area contributed by atoms with Gasteiger partial charge in [0.25, 0.3) is 0 Å². The molecular weight excluding hydrogens is 218 g/mol. The molecule has 1 heterocycles. The number of carboxylic acids is 1. The van der Waals surface area contributed by atoms with Gasteiger partial charge in [-0.25, -0.2) is 4.68 Å². The predicted octanol–water partition coefficient (Wildman–Crippen LogP) is 2.05. The van der Waals surface area contributed by atoms with Gasteiger partial charge in [-0.1, -0.05) is 31.4 Å². The molecule has 0 aromatic carbocycles. The minimum absolute atomic E-state index is 0.0382. The number of carboxylic acid groups (broad SMARTS) is 1. The van der Waals surface area contributed by atoms with E-state index in [1.165, 1.54) is 19.3 Å². The minimum Gasteiger partial charge on any atom is -0.481 e. The summed E-state index contributed by atoms with van der Waals surface area (Å²) < 4.78 is 1.88. The van der Waals surface area contributed by atoms with Crippen molar-refractivity contribution in [2.45, 2.75) is 51.5 Å². The number of aliphatic carboxylic acids is 1. The van der Waals surface area contributed by atoms with Crippen molar-refractivity contribution in [3.05, 3.63) is 11.9 Å². The molecule has 2 atom stereocenters. The zero-order valence-electron chi connectivity index (χ0n) is 10.2. The van der Waals surface area contributed by atoms with Crippen LogP contribution in [0.5, 0.6) is 0 Å². The van der Waals surface area contributed by atoms with Gasteiger partial charge in [-0.2, -0.15) is 0 Å². The van der Waals surface area contributed by atoms with E-state index < -0.39 is 5.97 Å². The monoisotopic (exact) mass is 237 g/mol. The Morgan fingerprint density at radius 3 is 3.00 bits per heavy atom. The summed E-state index contributed by atoms with van der Waals surface area (Å²) in [6.07, 6.45) is 7.82. The molecule has 0 saturated heterocycles. The molecule has 0 amide bonds. The molecule has 1 aromatic heterocycles. The molecule has 0 bridgehead atoms. The number of aromatic nitrogens is 3. The standard InChI is InChI=1S/C12H19N3O2/c1-2-9-5-3-4-6-11(9)15-8-10(13-14-15)7-12(16)17/h8-9,11H,2-7H2,1H3,(H,16,17). The molecule has 0 aliphatic heterocycles. The number of nitrogens with zero attached hydrogens (tertiary/aromatic N) is 3. The van der Waals surface area contributed by atoms with E-state index in [2.05, 4.69) is 17.2 Å². The lowest BCUT2D eigenvalue weighted by Crippen LogP contribution is -2.23. The van der Waals surface area contributed by atoms with Gasteiger partial charge in [0.1, 0.15) is 0 Å². The summed E-state index contributed by atoms with van der Waals surface area (Å²) >= 11 is 0. The Kier molecular flexibility index (Phi) is 3.76. The van der Waals surface area contributed by atoms with Gasteiger partial charge in [0.2, 0.25) is 0 Å². The minimum atomic E-state index is -0.854. The Morgan fingerprint density at radius 2 is 2.29 bits per heavy atom. The number of hydrogen-bond acceptors (Lipinski definition) is 3. The normalized spacial score (nSPS) is 24.8. The van der Waals surface area contributed by atoms with Crippen LogP contribution >= 0.6 is 0 Å². The molecule has 1 aliphatic carbocycles. The largest absolute Gasteiger partial charge is 0.481 e. The number of carbonyl (C=O) groups is 1. The Hall–Kier alpha value is -1.39. The van der Waals surface area contributed by atoms with Crippen LogP contribution in [0.4, 0.5) is 0 Å². The molecule has 0 spiro atoms. The summed E-state index contributed by atoms with van der Waals surface area (Å²) in [7, 11) is 0. The summed E-state index contributed by atoms with van der Waals surface area (Å²) in [5, 5.41) is 16.7. The molecular formula is C12H19N3O2. The van der Waals surface area contributed by atoms with Crippen LogP contribution in [0.1, 0.15) is 50.8 Å². The second-order valence-corrected chi connectivity index (χ2v) is 4.78. The topological polar surface area (TPSA) is 68.0 Å². The lowest BCUT2D eigenvalue weighted by atomic mass is 9.83. The van der Waals surface area contributed by atoms with Crippen LogP contribution in [-0.4, -0.2) is 26.1 Å². The lowest BCUT2D eigenvalue weighted by molar-refractivity contribution is -0.136. The summed E-state index contributed by atoms with van der Waals surface area (Å²) in [4.78, 5) is 10.6. The first-order valence-electron chi connectivity index (χ1n) is 6.33. The molecule has 1 fully saturated rings. The van der Waals surface area contributed by atoms with Crippen molar-refractivity contribution >= 4 is 5.97 Å². The molecule has 94 valence electrons. The second kappa shape index (κ2) is 5.29. The molecule has 0 radical (unpaired) electrons. The third-order valence-electron chi connectivity index (χ3n) is 3.62. The van der Waals surface area contributed by atoms with Crippen LogP contribution in [0.15, 0.2) is 6.20 Å². The van der Waals surface area contributed by atoms with Crippen molar-refractivity contribution in [1.82, 2.24) is 15.0 Å². The first kappa shape index (κ1) is 12.1. The molecule has 17 heavy (non-hydrogen) atoms. The van der Waals surface area contributed by atoms with Gasteiger partial charge in [-0.05, 0) is 18.8 Å². The molecule has 5 heteroatoms. The van der Waals surface area contributed by atoms with E-state index in [1.807, 2.05) is 4.68 Å². The zero-order valence-corrected chi connectivity index (χ0v) is 10.2. The average molecular weight is 237 g/mol. The maximum atomic E-state index is 10.6. The fraction of sp³-hybridized carbons (Fsp3) is 0.750. The Bertz CT molecular complexity index is 389. The quantitative estimate of drug-likeness (QED) is 0.870. The highest BCUT2D eigenvalue weighted by molar-refractivity contribution is 5.69. The van der Waals surface area contributed by atoms with Crippen molar-refractivity contribution < 1.29 is 9.90 Å². The molecule has 1 aliphatic rings. The highest BCUT2D eigenvalue weighted by Crippen LogP contribution is 2.35. The van der Waals surface area contributed by atoms with E-state index >= 15 is 0 Å². The molecule has 2 unspecified atom stereocenters. The Balaban J connectivity index is 2.09. The van der Waals surface area contributed by atoms with Crippen molar-refractivity contribution in [3.63, 3.8) is 0 Å². The highest BCUT2D eigenvalue weighted by atomic mass is 16.4. The predicted molar refractivity (Wildman–Crippen MR) is 62.6 cm³/mol. The van der Waals surface area contributed by atoms with E-state index in [-0.39, 0.29) is 6.42 Å². The third-order valence-corrected chi connectivity index (χ3v) is 3.62. The van der Waals surface area contributed by atoms with Crippen LogP contribution in [0.2, 0.25) is 0 Å². The van der Waals surface area contributed by atoms with Gasteiger partial charge in [-0.3, -0.25) is 4.79 Å². The third kappa shape index (κ3) is 2.84. The van der Waals surface area contributed by atoms with Crippen molar-refractivity contribution in [2.75, 3.05) is 0 Å². The first-order chi connectivity index (χ1) is 8.20. The van der Waals surface area contributed by atoms with Crippen LogP contribution in [0, 0.1) is 5.92 Å². The summed E-state index contributed by atoms with van der Waals surface area (Å²) in [6.45, 7) is 2.21. The summed E-state index contributed by atoms with van der Waals surface area (Å²) in [5.41, 5.74) is 0.554. The van der Waals surface area contributed by atoms with Crippen LogP contribution in [0.25, 0.3) is 0 Å². The van der Waals surface area contributed by atoms with Gasteiger partial charge in [-0.15, -0.1) is 5.10 Å². The van der Waals surface area contributed by atoms with Crippen molar-refractivity contribution in [2.24, 2.45) is 5.92 Å². The fourth-order valence-electron chi connectivity index (χ4n) is 2.72. The summed E-state index contributed by atoms with van der Waals surface area (Å²) in [6, 6.07) is 0.406. The van der Waals surface area contributed by atoms with E-state index in [0.717, 1.165) is 12.8 Å². The molecule has 1 aromatic rings. The Labute approximate surface area is 101 Å². The van der Waals surface area contributed by atoms with E-state index in [4.69, 9.17) is 5.11 Å². The van der Waals surface area contributed by atoms with Gasteiger partial charge in [0.15, 0.2) is 0 Å². The molecule has 5 nitrogen and oxygen atoms in total. The van der Waals surface area contributed by atoms with Gasteiger partial charge in [0.05, 0.1) is 18.2 Å². The van der Waals surface area contributed by atoms with Gasteiger partial charge < -0.3 is 5.11 Å². The smallest absolute Gasteiger partial charge is 0.309 e. The van der Waals surface area contributed by atoms with Gasteiger partial charge >= 0.3 is 5.97 Å². The maximum Gasteiger partial charge on any atom is 0.309 e. The maximum absolute atomic E-state index is 10.6. The van der Waals surface area contributed by atoms with Gasteiger partial charge in [0, 0.05) is 6.20 Å². The number of hydrogen-bond donors (Lipinski definition) is 1. The van der Waals surface area contributed by atoms with Crippen LogP contribution in [-0.2, 0) is 11.2 Å². The first-order valence-corrected chi connectivity index (χ1v) is 6.33. The highest BCUT2D eigenvalue weighted by Gasteiger charge is 2.26. The Morgan fingerprint density at radius 1 is 1.53 bits per heavy atom. The second-order valence-electron chi connectivity index (χ2n) is 4.78. The van der Waals surface area contributed by atoms with E-state index in [1.54, 1.807) is 6.20 Å². The molecule has 2 rings (SSSR count). The van der Waals surface area contributed by atoms with Crippen LogP contribution in [0.3, 0.4) is 0 Å². The van der Waals surface area contributed by atoms with E-state index in [0.29, 0.717) is 17.7 Å². The SMILES string of the molecule is CCC1CCCCC1n1cc(CC(=O)O)nn1. The van der Waals surface area contributed by atoms with Crippen molar-refractivity contribution in [3.8, 4) is 0 Å². The summed E-state index contributed by atoms with van der Waals surface area (Å²) in [5.74, 6) is -0.198. The number of rotatable bonds is 4. The fourth-order valence-corrected chi connectivity index (χ4v) is 2.72. The molecule has 1 N–H and O–H groups in total. The lowest BCUT2D eigenvalue weighted by Gasteiger charge is -2.30. The van der Waals surface area contributed by atoms with Crippen LogP contribution < -0.4 is 0 Å². The molecule has 1 saturated carbocycles. The zero-order chi connectivity index (χ0) is 12.3. The van der Waals surface area contributed by atoms with Crippen molar-refractivity contribution in [1.29, 1.82) is 0 Å².